The van der Waals surface area contributed by atoms with Crippen molar-refractivity contribution in [1.82, 2.24) is 4.98 Å². The molecule has 2 N–H and O–H groups in total. The zero-order valence-electron chi connectivity index (χ0n) is 22.0. The first-order chi connectivity index (χ1) is 16.2. The maximum absolute atomic E-state index is 13.2. The largest absolute Gasteiger partial charge is 0.458 e. The van der Waals surface area contributed by atoms with Crippen LogP contribution < -0.4 is 0 Å². The van der Waals surface area contributed by atoms with Gasteiger partial charge in [-0.2, -0.15) is 0 Å². The predicted octanol–water partition coefficient (Wildman–Crippen LogP) is 4.48. The number of aliphatic hydroxyl groups excluding tert-OH is 2. The van der Waals surface area contributed by atoms with Gasteiger partial charge >= 0.3 is 5.97 Å². The van der Waals surface area contributed by atoms with Gasteiger partial charge in [0.1, 0.15) is 11.9 Å². The summed E-state index contributed by atoms with van der Waals surface area (Å²) in [4.78, 5) is 30.6. The van der Waals surface area contributed by atoms with Crippen LogP contribution in [-0.4, -0.2) is 57.0 Å². The second-order valence-electron chi connectivity index (χ2n) is 11.3. The van der Waals surface area contributed by atoms with Crippen LogP contribution in [0.3, 0.4) is 0 Å². The van der Waals surface area contributed by atoms with Crippen LogP contribution in [0, 0.1) is 24.2 Å². The van der Waals surface area contributed by atoms with Gasteiger partial charge in [0, 0.05) is 17.7 Å². The summed E-state index contributed by atoms with van der Waals surface area (Å²) in [6.07, 6.45) is 1.98. The van der Waals surface area contributed by atoms with Gasteiger partial charge in [0.2, 0.25) is 0 Å². The number of aromatic nitrogens is 1. The number of ether oxygens (including phenoxy) is 2. The number of hydrogen-bond donors (Lipinski definition) is 2. The number of hydrogen-bond acceptors (Lipinski definition) is 8. The monoisotopic (exact) mass is 507 g/mol. The number of cyclic esters (lactones) is 1. The van der Waals surface area contributed by atoms with E-state index in [-0.39, 0.29) is 29.8 Å². The molecule has 0 amide bonds. The molecule has 1 aromatic heterocycles. The van der Waals surface area contributed by atoms with Crippen molar-refractivity contribution >= 4 is 29.2 Å². The molecular formula is C27H41NO6S. The van der Waals surface area contributed by atoms with Crippen LogP contribution in [0.1, 0.15) is 84.3 Å². The molecule has 0 radical (unpaired) electrons. The SMILES string of the molecule is C/C(=C\c1csc(C)n1)[C@@H]1CC2O[C@]2(C)CCC[C@H](C)[C@H](O)[C@@H](C)C(=O)C(C)(C)C(O)CC(=O)O1. The van der Waals surface area contributed by atoms with Crippen molar-refractivity contribution in [2.75, 3.05) is 0 Å². The molecule has 2 aliphatic heterocycles. The van der Waals surface area contributed by atoms with Gasteiger partial charge in [-0.05, 0) is 51.2 Å². The minimum atomic E-state index is -1.23. The lowest BCUT2D eigenvalue weighted by molar-refractivity contribution is -0.154. The smallest absolute Gasteiger partial charge is 0.309 e. The summed E-state index contributed by atoms with van der Waals surface area (Å²) in [5.74, 6) is -1.55. The van der Waals surface area contributed by atoms with Gasteiger partial charge in [0.05, 0.1) is 46.5 Å². The number of rotatable bonds is 2. The zero-order valence-corrected chi connectivity index (χ0v) is 22.9. The summed E-state index contributed by atoms with van der Waals surface area (Å²) in [5, 5.41) is 24.6. The van der Waals surface area contributed by atoms with Crippen LogP contribution >= 0.6 is 11.3 Å². The normalized spacial score (nSPS) is 37.5. The van der Waals surface area contributed by atoms with E-state index in [1.807, 2.05) is 32.2 Å². The fraction of sp³-hybridized carbons (Fsp3) is 0.741. The molecule has 0 bridgehead atoms. The van der Waals surface area contributed by atoms with Gasteiger partial charge in [-0.3, -0.25) is 9.59 Å². The molecule has 2 unspecified atom stereocenters. The van der Waals surface area contributed by atoms with Crippen molar-refractivity contribution in [1.29, 1.82) is 0 Å². The Balaban J connectivity index is 1.85. The molecule has 2 saturated heterocycles. The Bertz CT molecular complexity index is 955. The number of thiazole rings is 1. The Labute approximate surface area is 212 Å². The molecule has 3 rings (SSSR count). The van der Waals surface area contributed by atoms with Crippen LogP contribution in [0.25, 0.3) is 6.08 Å². The van der Waals surface area contributed by atoms with Crippen molar-refractivity contribution in [3.8, 4) is 0 Å². The number of nitrogens with zero attached hydrogens (tertiary/aromatic N) is 1. The third kappa shape index (κ3) is 6.59. The fourth-order valence-corrected chi connectivity index (χ4v) is 5.64. The number of aliphatic hydroxyl groups is 2. The first-order valence-corrected chi connectivity index (χ1v) is 13.5. The highest BCUT2D eigenvalue weighted by Gasteiger charge is 2.53. The number of epoxide rings is 1. The molecule has 7 nitrogen and oxygen atoms in total. The second kappa shape index (κ2) is 10.8. The van der Waals surface area contributed by atoms with E-state index in [4.69, 9.17) is 9.47 Å². The Morgan fingerprint density at radius 1 is 1.23 bits per heavy atom. The van der Waals surface area contributed by atoms with Gasteiger partial charge in [-0.25, -0.2) is 4.98 Å². The number of Topliss-reactive ketones (excluding diaryl/α,β-unsaturated/α-hetero) is 1. The zero-order chi connectivity index (χ0) is 26.1. The maximum atomic E-state index is 13.2. The van der Waals surface area contributed by atoms with E-state index >= 15 is 0 Å². The molecular weight excluding hydrogens is 466 g/mol. The lowest BCUT2D eigenvalue weighted by Crippen LogP contribution is -2.45. The van der Waals surface area contributed by atoms with E-state index in [0.29, 0.717) is 6.42 Å². The summed E-state index contributed by atoms with van der Waals surface area (Å²) in [7, 11) is 0. The molecule has 0 aromatic carbocycles. The summed E-state index contributed by atoms with van der Waals surface area (Å²) < 4.78 is 11.9. The number of aryl methyl sites for hydroxylation is 1. The fourth-order valence-electron chi connectivity index (χ4n) is 5.07. The predicted molar refractivity (Wildman–Crippen MR) is 136 cm³/mol. The lowest BCUT2D eigenvalue weighted by Gasteiger charge is -2.34. The van der Waals surface area contributed by atoms with Crippen LogP contribution in [0.5, 0.6) is 0 Å². The molecule has 0 aliphatic carbocycles. The molecule has 2 fully saturated rings. The molecule has 196 valence electrons. The van der Waals surface area contributed by atoms with Crippen molar-refractivity contribution in [2.45, 2.75) is 111 Å². The molecule has 3 heterocycles. The summed E-state index contributed by atoms with van der Waals surface area (Å²) >= 11 is 1.56. The summed E-state index contributed by atoms with van der Waals surface area (Å²) in [6.45, 7) is 12.8. The molecule has 35 heavy (non-hydrogen) atoms. The highest BCUT2D eigenvalue weighted by Crippen LogP contribution is 2.45. The first kappa shape index (κ1) is 28.0. The number of esters is 1. The first-order valence-electron chi connectivity index (χ1n) is 12.6. The van der Waals surface area contributed by atoms with Crippen LogP contribution in [-0.2, 0) is 19.1 Å². The maximum Gasteiger partial charge on any atom is 0.309 e. The number of fused-ring (bicyclic) bond motifs is 1. The minimum Gasteiger partial charge on any atom is -0.458 e. The van der Waals surface area contributed by atoms with Crippen molar-refractivity contribution in [3.63, 3.8) is 0 Å². The van der Waals surface area contributed by atoms with Crippen LogP contribution in [0.2, 0.25) is 0 Å². The summed E-state index contributed by atoms with van der Waals surface area (Å²) in [6, 6.07) is 0. The van der Waals surface area contributed by atoms with E-state index in [2.05, 4.69) is 11.9 Å². The van der Waals surface area contributed by atoms with E-state index in [0.717, 1.165) is 35.5 Å². The standard InChI is InChI=1S/C27H41NO6S/c1-15-9-8-10-27(7)22(34-27)12-20(16(2)11-19-14-35-18(4)28-19)33-23(30)13-21(29)26(5,6)25(32)17(3)24(15)31/h11,14-15,17,20-22,24,29,31H,8-10,12-13H2,1-7H3/b16-11+/t15-,17+,20-,21?,22?,24-,27+/m0/s1. The molecule has 7 atom stereocenters. The molecule has 0 saturated carbocycles. The third-order valence-corrected chi connectivity index (χ3v) is 8.72. The Morgan fingerprint density at radius 2 is 1.91 bits per heavy atom. The number of carbonyl (C=O) groups is 2. The third-order valence-electron chi connectivity index (χ3n) is 7.93. The van der Waals surface area contributed by atoms with Crippen LogP contribution in [0.4, 0.5) is 0 Å². The van der Waals surface area contributed by atoms with Gasteiger partial charge in [0.25, 0.3) is 0 Å². The van der Waals surface area contributed by atoms with Crippen molar-refractivity contribution < 1.29 is 29.3 Å². The molecule has 1 aromatic rings. The average Bonchev–Trinajstić information content (AvgIpc) is 3.22. The van der Waals surface area contributed by atoms with E-state index in [1.165, 1.54) is 0 Å². The topological polar surface area (TPSA) is 109 Å². The van der Waals surface area contributed by atoms with E-state index in [9.17, 15) is 19.8 Å². The van der Waals surface area contributed by atoms with Crippen molar-refractivity contribution in [3.05, 3.63) is 21.7 Å². The molecule has 8 heteroatoms. The van der Waals surface area contributed by atoms with E-state index in [1.54, 1.807) is 32.1 Å². The Hall–Kier alpha value is -1.61. The quantitative estimate of drug-likeness (QED) is 0.449. The average molecular weight is 508 g/mol. The highest BCUT2D eigenvalue weighted by atomic mass is 32.1. The van der Waals surface area contributed by atoms with Gasteiger partial charge in [0.15, 0.2) is 0 Å². The van der Waals surface area contributed by atoms with E-state index < -0.39 is 35.6 Å². The minimum absolute atomic E-state index is 0.0455. The molecule has 0 spiro atoms. The van der Waals surface area contributed by atoms with Crippen molar-refractivity contribution in [2.24, 2.45) is 17.3 Å². The Morgan fingerprint density at radius 3 is 2.54 bits per heavy atom. The van der Waals surface area contributed by atoms with Gasteiger partial charge < -0.3 is 19.7 Å². The number of ketones is 1. The Kier molecular flexibility index (Phi) is 8.62. The summed E-state index contributed by atoms with van der Waals surface area (Å²) in [5.41, 5.74) is 0.179. The highest BCUT2D eigenvalue weighted by molar-refractivity contribution is 7.09. The van der Waals surface area contributed by atoms with Crippen LogP contribution in [0.15, 0.2) is 11.0 Å². The van der Waals surface area contributed by atoms with Gasteiger partial charge in [-0.1, -0.05) is 34.1 Å². The van der Waals surface area contributed by atoms with Gasteiger partial charge in [-0.15, -0.1) is 11.3 Å². The lowest BCUT2D eigenvalue weighted by atomic mass is 9.73. The second-order valence-corrected chi connectivity index (χ2v) is 12.3. The number of carbonyl (C=O) groups excluding carboxylic acids is 2. The molecule has 2 aliphatic rings.